The highest BCUT2D eigenvalue weighted by molar-refractivity contribution is 5.94. The third-order valence-corrected chi connectivity index (χ3v) is 4.30. The first-order valence-corrected chi connectivity index (χ1v) is 7.91. The molecule has 2 rings (SSSR count). The van der Waals surface area contributed by atoms with Crippen LogP contribution in [-0.4, -0.2) is 53.8 Å². The molecule has 1 heterocycles. The van der Waals surface area contributed by atoms with E-state index in [4.69, 9.17) is 5.73 Å². The summed E-state index contributed by atoms with van der Waals surface area (Å²) < 4.78 is 13.6. The van der Waals surface area contributed by atoms with Crippen molar-refractivity contribution in [1.29, 1.82) is 0 Å². The lowest BCUT2D eigenvalue weighted by Crippen LogP contribution is -2.55. The molecule has 0 saturated carbocycles. The first-order valence-electron chi connectivity index (χ1n) is 7.91. The van der Waals surface area contributed by atoms with E-state index in [2.05, 4.69) is 0 Å². The van der Waals surface area contributed by atoms with Gasteiger partial charge in [0.05, 0.1) is 6.04 Å². The number of nitrogens with zero attached hydrogens (tertiary/aromatic N) is 2. The van der Waals surface area contributed by atoms with E-state index in [-0.39, 0.29) is 23.5 Å². The number of carbonyl (C=O) groups is 2. The molecule has 1 saturated heterocycles. The predicted octanol–water partition coefficient (Wildman–Crippen LogP) is 1.40. The number of aryl methyl sites for hydroxylation is 1. The van der Waals surface area contributed by atoms with Gasteiger partial charge in [0.1, 0.15) is 5.82 Å². The Labute approximate surface area is 136 Å². The van der Waals surface area contributed by atoms with Gasteiger partial charge >= 0.3 is 0 Å². The van der Waals surface area contributed by atoms with Gasteiger partial charge in [0, 0.05) is 31.7 Å². The lowest BCUT2D eigenvalue weighted by Gasteiger charge is -2.36. The molecule has 0 aliphatic carbocycles. The Bertz CT molecular complexity index is 596. The van der Waals surface area contributed by atoms with Gasteiger partial charge in [0.2, 0.25) is 5.91 Å². The van der Waals surface area contributed by atoms with Crippen molar-refractivity contribution in [3.63, 3.8) is 0 Å². The molecule has 2 N–H and O–H groups in total. The molecule has 23 heavy (non-hydrogen) atoms. The van der Waals surface area contributed by atoms with Crippen molar-refractivity contribution < 1.29 is 14.0 Å². The Kier molecular flexibility index (Phi) is 5.36. The number of amides is 2. The number of carbonyl (C=O) groups excluding carboxylic acids is 2. The van der Waals surface area contributed by atoms with Gasteiger partial charge in [-0.2, -0.15) is 0 Å². The minimum atomic E-state index is -0.511. The van der Waals surface area contributed by atoms with Gasteiger partial charge in [-0.3, -0.25) is 9.59 Å². The maximum Gasteiger partial charge on any atom is 0.254 e. The summed E-state index contributed by atoms with van der Waals surface area (Å²) in [6.45, 7) is 7.27. The van der Waals surface area contributed by atoms with E-state index >= 15 is 0 Å². The van der Waals surface area contributed by atoms with Gasteiger partial charge < -0.3 is 15.5 Å². The minimum Gasteiger partial charge on any atom is -0.338 e. The minimum absolute atomic E-state index is 0.0755. The van der Waals surface area contributed by atoms with E-state index in [9.17, 15) is 14.0 Å². The van der Waals surface area contributed by atoms with Crippen LogP contribution in [0.15, 0.2) is 18.2 Å². The van der Waals surface area contributed by atoms with Crippen LogP contribution in [0.5, 0.6) is 0 Å². The van der Waals surface area contributed by atoms with Crippen molar-refractivity contribution in [3.8, 4) is 0 Å². The molecule has 0 aromatic heterocycles. The fourth-order valence-electron chi connectivity index (χ4n) is 2.53. The van der Waals surface area contributed by atoms with Crippen LogP contribution in [0.4, 0.5) is 4.39 Å². The second-order valence-electron chi connectivity index (χ2n) is 6.35. The van der Waals surface area contributed by atoms with Crippen LogP contribution in [0, 0.1) is 18.7 Å². The van der Waals surface area contributed by atoms with Crippen molar-refractivity contribution in [1.82, 2.24) is 9.80 Å². The maximum atomic E-state index is 13.6. The lowest BCUT2D eigenvalue weighted by atomic mass is 10.0. The third-order valence-electron chi connectivity index (χ3n) is 4.30. The Hall–Kier alpha value is -1.95. The van der Waals surface area contributed by atoms with Gasteiger partial charge in [-0.1, -0.05) is 19.9 Å². The van der Waals surface area contributed by atoms with Crippen molar-refractivity contribution >= 4 is 11.8 Å². The Morgan fingerprint density at radius 1 is 1.13 bits per heavy atom. The SMILES string of the molecule is Cc1ccc(C(=O)N2CCN(C(=O)[C@@H](N)C(C)C)CC2)cc1F. The quantitative estimate of drug-likeness (QED) is 0.915. The number of hydrogen-bond acceptors (Lipinski definition) is 3. The molecule has 0 unspecified atom stereocenters. The summed E-state index contributed by atoms with van der Waals surface area (Å²) in [6.07, 6.45) is 0. The molecule has 126 valence electrons. The standard InChI is InChI=1S/C17H24FN3O2/c1-11(2)15(19)17(23)21-8-6-20(7-9-21)16(22)13-5-4-12(3)14(18)10-13/h4-5,10-11,15H,6-9,19H2,1-3H3/t15-/m0/s1. The van der Waals surface area contributed by atoms with E-state index in [0.717, 1.165) is 0 Å². The zero-order valence-corrected chi connectivity index (χ0v) is 13.9. The molecule has 1 atom stereocenters. The summed E-state index contributed by atoms with van der Waals surface area (Å²) >= 11 is 0. The van der Waals surface area contributed by atoms with Gasteiger partial charge in [0.25, 0.3) is 5.91 Å². The van der Waals surface area contributed by atoms with E-state index in [1.807, 2.05) is 13.8 Å². The van der Waals surface area contributed by atoms with Crippen molar-refractivity contribution in [2.45, 2.75) is 26.8 Å². The van der Waals surface area contributed by atoms with Crippen molar-refractivity contribution in [3.05, 3.63) is 35.1 Å². The average molecular weight is 321 g/mol. The van der Waals surface area contributed by atoms with Gasteiger partial charge in [-0.25, -0.2) is 4.39 Å². The second kappa shape index (κ2) is 7.08. The number of nitrogens with two attached hydrogens (primary N) is 1. The van der Waals surface area contributed by atoms with E-state index in [1.54, 1.807) is 28.9 Å². The molecule has 0 bridgehead atoms. The molecule has 0 spiro atoms. The zero-order valence-electron chi connectivity index (χ0n) is 13.9. The van der Waals surface area contributed by atoms with Gasteiger partial charge in [0.15, 0.2) is 0 Å². The summed E-state index contributed by atoms with van der Waals surface area (Å²) in [4.78, 5) is 28.0. The molecule has 1 aliphatic rings. The van der Waals surface area contributed by atoms with Crippen LogP contribution in [0.1, 0.15) is 29.8 Å². The highest BCUT2D eigenvalue weighted by Gasteiger charge is 2.28. The number of piperazine rings is 1. The summed E-state index contributed by atoms with van der Waals surface area (Å²) in [5, 5.41) is 0. The van der Waals surface area contributed by atoms with Crippen LogP contribution >= 0.6 is 0 Å². The average Bonchev–Trinajstić information content (AvgIpc) is 2.55. The number of rotatable bonds is 3. The predicted molar refractivity (Wildman–Crippen MR) is 86.4 cm³/mol. The number of benzene rings is 1. The fraction of sp³-hybridized carbons (Fsp3) is 0.529. The van der Waals surface area contributed by atoms with Crippen LogP contribution < -0.4 is 5.73 Å². The second-order valence-corrected chi connectivity index (χ2v) is 6.35. The molecule has 1 fully saturated rings. The third kappa shape index (κ3) is 3.88. The first-order chi connectivity index (χ1) is 10.8. The maximum absolute atomic E-state index is 13.6. The summed E-state index contributed by atoms with van der Waals surface area (Å²) in [6, 6.07) is 3.99. The van der Waals surface area contributed by atoms with Crippen molar-refractivity contribution in [2.24, 2.45) is 11.7 Å². The molecule has 5 nitrogen and oxygen atoms in total. The number of halogens is 1. The van der Waals surface area contributed by atoms with Crippen LogP contribution in [0.3, 0.4) is 0 Å². The van der Waals surface area contributed by atoms with Gasteiger partial charge in [-0.15, -0.1) is 0 Å². The summed E-state index contributed by atoms with van der Waals surface area (Å²) in [7, 11) is 0. The van der Waals surface area contributed by atoms with Crippen LogP contribution in [-0.2, 0) is 4.79 Å². The Balaban J connectivity index is 1.97. The molecule has 0 radical (unpaired) electrons. The molecule has 1 aromatic rings. The number of hydrogen-bond donors (Lipinski definition) is 1. The molecule has 1 aromatic carbocycles. The first kappa shape index (κ1) is 17.4. The van der Waals surface area contributed by atoms with Crippen molar-refractivity contribution in [2.75, 3.05) is 26.2 Å². The lowest BCUT2D eigenvalue weighted by molar-refractivity contribution is -0.135. The summed E-state index contributed by atoms with van der Waals surface area (Å²) in [5.41, 5.74) is 6.75. The fourth-order valence-corrected chi connectivity index (χ4v) is 2.53. The Morgan fingerprint density at radius 3 is 2.22 bits per heavy atom. The highest BCUT2D eigenvalue weighted by Crippen LogP contribution is 2.14. The van der Waals surface area contributed by atoms with Crippen LogP contribution in [0.2, 0.25) is 0 Å². The largest absolute Gasteiger partial charge is 0.338 e. The molecular weight excluding hydrogens is 297 g/mol. The van der Waals surface area contributed by atoms with E-state index in [0.29, 0.717) is 37.3 Å². The van der Waals surface area contributed by atoms with Crippen LogP contribution in [0.25, 0.3) is 0 Å². The van der Waals surface area contributed by atoms with E-state index in [1.165, 1.54) is 6.07 Å². The van der Waals surface area contributed by atoms with Gasteiger partial charge in [-0.05, 0) is 30.5 Å². The smallest absolute Gasteiger partial charge is 0.254 e. The van der Waals surface area contributed by atoms with E-state index < -0.39 is 6.04 Å². The highest BCUT2D eigenvalue weighted by atomic mass is 19.1. The molecule has 6 heteroatoms. The normalized spacial score (nSPS) is 16.6. The Morgan fingerprint density at radius 2 is 1.70 bits per heavy atom. The molecule has 2 amide bonds. The molecular formula is C17H24FN3O2. The topological polar surface area (TPSA) is 66.6 Å². The monoisotopic (exact) mass is 321 g/mol. The zero-order chi connectivity index (χ0) is 17.1. The molecule has 1 aliphatic heterocycles. The summed E-state index contributed by atoms with van der Waals surface area (Å²) in [5.74, 6) is -0.581.